The van der Waals surface area contributed by atoms with Gasteiger partial charge in [0.2, 0.25) is 0 Å². The molecule has 0 radical (unpaired) electrons. The molecule has 1 aliphatic heterocycles. The SMILES string of the molecule is CC1OCCC1S(=O)(=O)CC#N. The topological polar surface area (TPSA) is 67.2 Å². The summed E-state index contributed by atoms with van der Waals surface area (Å²) in [4.78, 5) is 0. The summed E-state index contributed by atoms with van der Waals surface area (Å²) in [5.41, 5.74) is 0. The summed E-state index contributed by atoms with van der Waals surface area (Å²) in [6.07, 6.45) is 0.258. The summed E-state index contributed by atoms with van der Waals surface area (Å²) in [7, 11) is -3.25. The molecule has 1 rings (SSSR count). The molecule has 1 aliphatic rings. The number of sulfone groups is 1. The van der Waals surface area contributed by atoms with Gasteiger partial charge in [0.1, 0.15) is 5.75 Å². The summed E-state index contributed by atoms with van der Waals surface area (Å²) in [5, 5.41) is 7.80. The van der Waals surface area contributed by atoms with Gasteiger partial charge in [-0.25, -0.2) is 8.42 Å². The lowest BCUT2D eigenvalue weighted by molar-refractivity contribution is 0.126. The summed E-state index contributed by atoms with van der Waals surface area (Å²) in [6, 6.07) is 1.66. The zero-order valence-corrected chi connectivity index (χ0v) is 7.67. The van der Waals surface area contributed by atoms with Crippen molar-refractivity contribution in [3.05, 3.63) is 0 Å². The van der Waals surface area contributed by atoms with Gasteiger partial charge in [-0.3, -0.25) is 0 Å². The summed E-state index contributed by atoms with van der Waals surface area (Å²) < 4.78 is 27.8. The van der Waals surface area contributed by atoms with Gasteiger partial charge in [0, 0.05) is 6.61 Å². The lowest BCUT2D eigenvalue weighted by Gasteiger charge is -2.11. The maximum absolute atomic E-state index is 11.3. The van der Waals surface area contributed by atoms with Crippen molar-refractivity contribution >= 4 is 9.84 Å². The largest absolute Gasteiger partial charge is 0.377 e. The second kappa shape index (κ2) is 3.42. The first-order chi connectivity index (χ1) is 5.58. The highest BCUT2D eigenvalue weighted by atomic mass is 32.2. The summed E-state index contributed by atoms with van der Waals surface area (Å²) >= 11 is 0. The van der Waals surface area contributed by atoms with E-state index in [1.807, 2.05) is 0 Å². The van der Waals surface area contributed by atoms with E-state index in [1.54, 1.807) is 13.0 Å². The second-order valence-electron chi connectivity index (χ2n) is 2.87. The van der Waals surface area contributed by atoms with Gasteiger partial charge < -0.3 is 4.74 Å². The fourth-order valence-corrected chi connectivity index (χ4v) is 2.89. The van der Waals surface area contributed by atoms with Crippen LogP contribution in [0.4, 0.5) is 0 Å². The predicted molar refractivity (Wildman–Crippen MR) is 43.2 cm³/mol. The van der Waals surface area contributed by atoms with Crippen LogP contribution < -0.4 is 0 Å². The van der Waals surface area contributed by atoms with Crippen LogP contribution in [0.2, 0.25) is 0 Å². The van der Waals surface area contributed by atoms with Crippen LogP contribution in [-0.2, 0) is 14.6 Å². The standard InChI is InChI=1S/C7H11NO3S/c1-6-7(2-4-11-6)12(9,10)5-3-8/h6-7H,2,4-5H2,1H3. The fraction of sp³-hybridized carbons (Fsp3) is 0.857. The molecule has 68 valence electrons. The van der Waals surface area contributed by atoms with Crippen LogP contribution in [0.15, 0.2) is 0 Å². The van der Waals surface area contributed by atoms with Crippen molar-refractivity contribution in [2.24, 2.45) is 0 Å². The highest BCUT2D eigenvalue weighted by molar-refractivity contribution is 7.92. The molecule has 1 heterocycles. The second-order valence-corrected chi connectivity index (χ2v) is 5.09. The maximum atomic E-state index is 11.3. The number of hydrogen-bond acceptors (Lipinski definition) is 4. The van der Waals surface area contributed by atoms with Gasteiger partial charge in [0.25, 0.3) is 0 Å². The first-order valence-electron chi connectivity index (χ1n) is 3.78. The third-order valence-corrected chi connectivity index (χ3v) is 4.11. The number of nitrogens with zero attached hydrogens (tertiary/aromatic N) is 1. The van der Waals surface area contributed by atoms with E-state index >= 15 is 0 Å². The van der Waals surface area contributed by atoms with Crippen molar-refractivity contribution in [2.75, 3.05) is 12.4 Å². The van der Waals surface area contributed by atoms with Crippen LogP contribution >= 0.6 is 0 Å². The molecule has 12 heavy (non-hydrogen) atoms. The Morgan fingerprint density at radius 1 is 1.67 bits per heavy atom. The van der Waals surface area contributed by atoms with Crippen molar-refractivity contribution in [2.45, 2.75) is 24.7 Å². The molecule has 0 aliphatic carbocycles. The molecule has 4 nitrogen and oxygen atoms in total. The Morgan fingerprint density at radius 2 is 2.33 bits per heavy atom. The highest BCUT2D eigenvalue weighted by Gasteiger charge is 2.35. The number of ether oxygens (including phenoxy) is 1. The molecule has 0 aromatic rings. The van der Waals surface area contributed by atoms with Crippen LogP contribution in [-0.4, -0.2) is 32.1 Å². The zero-order chi connectivity index (χ0) is 9.19. The average molecular weight is 189 g/mol. The molecule has 0 aromatic heterocycles. The minimum Gasteiger partial charge on any atom is -0.377 e. The van der Waals surface area contributed by atoms with E-state index in [9.17, 15) is 8.42 Å². The molecule has 0 amide bonds. The Bertz CT molecular complexity index is 290. The Hall–Kier alpha value is -0.600. The van der Waals surface area contributed by atoms with Crippen LogP contribution in [0.3, 0.4) is 0 Å². The van der Waals surface area contributed by atoms with Crippen molar-refractivity contribution < 1.29 is 13.2 Å². The normalized spacial score (nSPS) is 30.0. The van der Waals surface area contributed by atoms with E-state index in [0.717, 1.165) is 0 Å². The summed E-state index contributed by atoms with van der Waals surface area (Å²) in [6.45, 7) is 2.21. The summed E-state index contributed by atoms with van der Waals surface area (Å²) in [5.74, 6) is -0.397. The van der Waals surface area contributed by atoms with E-state index in [1.165, 1.54) is 0 Å². The van der Waals surface area contributed by atoms with Crippen LogP contribution in [0.5, 0.6) is 0 Å². The minimum atomic E-state index is -3.25. The predicted octanol–water partition coefficient (Wildman–Crippen LogP) is 0.102. The molecular formula is C7H11NO3S. The zero-order valence-electron chi connectivity index (χ0n) is 6.86. The molecular weight excluding hydrogens is 178 g/mol. The van der Waals surface area contributed by atoms with Crippen molar-refractivity contribution in [3.8, 4) is 6.07 Å². The fourth-order valence-electron chi connectivity index (χ4n) is 1.38. The number of rotatable bonds is 2. The third-order valence-electron chi connectivity index (χ3n) is 2.03. The monoisotopic (exact) mass is 189 g/mol. The molecule has 0 saturated carbocycles. The lowest BCUT2D eigenvalue weighted by Crippen LogP contribution is -2.29. The molecule has 1 fully saturated rings. The van der Waals surface area contributed by atoms with Crippen LogP contribution in [0.1, 0.15) is 13.3 Å². The first-order valence-corrected chi connectivity index (χ1v) is 5.49. The Morgan fingerprint density at radius 3 is 2.75 bits per heavy atom. The van der Waals surface area contributed by atoms with Gasteiger partial charge in [-0.2, -0.15) is 5.26 Å². The highest BCUT2D eigenvalue weighted by Crippen LogP contribution is 2.20. The number of hydrogen-bond donors (Lipinski definition) is 0. The van der Waals surface area contributed by atoms with E-state index in [2.05, 4.69) is 0 Å². The molecule has 0 bridgehead atoms. The molecule has 0 aromatic carbocycles. The van der Waals surface area contributed by atoms with Crippen LogP contribution in [0.25, 0.3) is 0 Å². The van der Waals surface area contributed by atoms with E-state index < -0.39 is 20.8 Å². The Kier molecular flexibility index (Phi) is 2.70. The van der Waals surface area contributed by atoms with Gasteiger partial charge in [-0.1, -0.05) is 0 Å². The number of nitriles is 1. The quantitative estimate of drug-likeness (QED) is 0.618. The first kappa shape index (κ1) is 9.49. The van der Waals surface area contributed by atoms with E-state index in [0.29, 0.717) is 13.0 Å². The minimum absolute atomic E-state index is 0.261. The van der Waals surface area contributed by atoms with Gasteiger partial charge in [-0.05, 0) is 13.3 Å². The smallest absolute Gasteiger partial charge is 0.169 e. The van der Waals surface area contributed by atoms with Gasteiger partial charge in [0.15, 0.2) is 9.84 Å². The average Bonchev–Trinajstić information content (AvgIpc) is 2.35. The lowest BCUT2D eigenvalue weighted by atomic mass is 10.3. The van der Waals surface area contributed by atoms with Gasteiger partial charge >= 0.3 is 0 Å². The molecule has 2 unspecified atom stereocenters. The maximum Gasteiger partial charge on any atom is 0.169 e. The van der Waals surface area contributed by atoms with Crippen molar-refractivity contribution in [1.29, 1.82) is 5.26 Å². The molecule has 5 heteroatoms. The molecule has 0 spiro atoms. The third kappa shape index (κ3) is 1.76. The van der Waals surface area contributed by atoms with Crippen LogP contribution in [0, 0.1) is 11.3 Å². The van der Waals surface area contributed by atoms with Crippen molar-refractivity contribution in [1.82, 2.24) is 0 Å². The Labute approximate surface area is 72.1 Å². The van der Waals surface area contributed by atoms with Crippen molar-refractivity contribution in [3.63, 3.8) is 0 Å². The van der Waals surface area contributed by atoms with Gasteiger partial charge in [-0.15, -0.1) is 0 Å². The van der Waals surface area contributed by atoms with Gasteiger partial charge in [0.05, 0.1) is 17.4 Å². The molecule has 1 saturated heterocycles. The Balaban J connectivity index is 2.76. The molecule has 2 atom stereocenters. The van der Waals surface area contributed by atoms with E-state index in [-0.39, 0.29) is 6.10 Å². The molecule has 0 N–H and O–H groups in total. The van der Waals surface area contributed by atoms with E-state index in [4.69, 9.17) is 10.00 Å².